The molecule has 3 amide bonds. The minimum Gasteiger partial charge on any atom is -0.350 e. The third-order valence-corrected chi connectivity index (χ3v) is 8.18. The molecule has 1 aromatic carbocycles. The van der Waals surface area contributed by atoms with Crippen molar-refractivity contribution in [2.45, 2.75) is 49.0 Å². The van der Waals surface area contributed by atoms with Crippen LogP contribution in [0.25, 0.3) is 0 Å². The third kappa shape index (κ3) is 4.75. The van der Waals surface area contributed by atoms with Gasteiger partial charge in [0.05, 0.1) is 0 Å². The molecule has 2 aliphatic heterocycles. The molecule has 0 bridgehead atoms. The molecule has 2 N–H and O–H groups in total. The standard InChI is InChI=1S/C24H28N4O3S2/c1-24(2)19(28-22(31)16-6-4-5-7-17(16)23(28)33-24)21(30)27-18(10-13-32-3)20(29)26-14-15-8-11-25-12-9-15/h4-9,11-12,18-19,23H,10,13-14H2,1-3H3,(H,26,29)(H,27,30)/t18-,19+,23+/m0/s1. The lowest BCUT2D eigenvalue weighted by Crippen LogP contribution is -2.57. The topological polar surface area (TPSA) is 91.4 Å². The Morgan fingerprint density at radius 1 is 1.21 bits per heavy atom. The van der Waals surface area contributed by atoms with Gasteiger partial charge in [0.15, 0.2) is 0 Å². The van der Waals surface area contributed by atoms with Crippen LogP contribution in [0.1, 0.15) is 47.1 Å². The highest BCUT2D eigenvalue weighted by Gasteiger charge is 2.57. The number of amides is 3. The van der Waals surface area contributed by atoms with Crippen LogP contribution in [0.5, 0.6) is 0 Å². The van der Waals surface area contributed by atoms with Crippen LogP contribution in [-0.4, -0.2) is 56.4 Å². The lowest BCUT2D eigenvalue weighted by molar-refractivity contribution is -0.132. The van der Waals surface area contributed by atoms with Crippen molar-refractivity contribution in [3.05, 3.63) is 65.5 Å². The van der Waals surface area contributed by atoms with Crippen molar-refractivity contribution in [2.75, 3.05) is 12.0 Å². The Kier molecular flexibility index (Phi) is 6.99. The Bertz CT molecular complexity index is 1050. The van der Waals surface area contributed by atoms with Gasteiger partial charge < -0.3 is 15.5 Å². The number of nitrogens with one attached hydrogen (secondary N) is 2. The highest BCUT2D eigenvalue weighted by Crippen LogP contribution is 2.56. The summed E-state index contributed by atoms with van der Waals surface area (Å²) in [4.78, 5) is 45.4. The lowest BCUT2D eigenvalue weighted by atomic mass is 10.00. The number of carbonyl (C=O) groups excluding carboxylic acids is 3. The zero-order valence-corrected chi connectivity index (χ0v) is 20.5. The second-order valence-corrected chi connectivity index (χ2v) is 11.4. The number of thioether (sulfide) groups is 2. The first-order valence-electron chi connectivity index (χ1n) is 10.9. The van der Waals surface area contributed by atoms with Gasteiger partial charge in [-0.05, 0) is 61.6 Å². The smallest absolute Gasteiger partial charge is 0.256 e. The molecule has 0 aliphatic carbocycles. The molecule has 2 aliphatic rings. The van der Waals surface area contributed by atoms with Gasteiger partial charge in [0, 0.05) is 29.2 Å². The summed E-state index contributed by atoms with van der Waals surface area (Å²) in [6.45, 7) is 4.33. The molecule has 3 atom stereocenters. The van der Waals surface area contributed by atoms with E-state index < -0.39 is 16.8 Å². The van der Waals surface area contributed by atoms with E-state index in [1.165, 1.54) is 0 Å². The van der Waals surface area contributed by atoms with Crippen LogP contribution in [0.15, 0.2) is 48.8 Å². The monoisotopic (exact) mass is 484 g/mol. The van der Waals surface area contributed by atoms with E-state index in [2.05, 4.69) is 15.6 Å². The van der Waals surface area contributed by atoms with Gasteiger partial charge in [-0.3, -0.25) is 19.4 Å². The van der Waals surface area contributed by atoms with Gasteiger partial charge in [-0.2, -0.15) is 11.8 Å². The molecule has 1 aromatic heterocycles. The first-order chi connectivity index (χ1) is 15.8. The maximum absolute atomic E-state index is 13.5. The first-order valence-corrected chi connectivity index (χ1v) is 13.2. The molecule has 0 saturated carbocycles. The van der Waals surface area contributed by atoms with E-state index in [0.717, 1.165) is 16.9 Å². The van der Waals surface area contributed by atoms with Crippen LogP contribution >= 0.6 is 23.5 Å². The number of pyridine rings is 1. The number of fused-ring (bicyclic) bond motifs is 3. The van der Waals surface area contributed by atoms with Crippen molar-refractivity contribution >= 4 is 41.2 Å². The Balaban J connectivity index is 1.50. The summed E-state index contributed by atoms with van der Waals surface area (Å²) in [5, 5.41) is 5.69. The largest absolute Gasteiger partial charge is 0.350 e. The minimum atomic E-state index is -0.674. The number of hydrogen-bond acceptors (Lipinski definition) is 6. The number of nitrogens with zero attached hydrogens (tertiary/aromatic N) is 2. The zero-order valence-electron chi connectivity index (χ0n) is 18.9. The molecular formula is C24H28N4O3S2. The fourth-order valence-electron chi connectivity index (χ4n) is 4.37. The quantitative estimate of drug-likeness (QED) is 0.599. The molecule has 0 unspecified atom stereocenters. The van der Waals surface area contributed by atoms with E-state index in [1.807, 2.05) is 56.5 Å². The second kappa shape index (κ2) is 9.77. The number of hydrogen-bond donors (Lipinski definition) is 2. The third-order valence-electron chi connectivity index (χ3n) is 6.00. The summed E-state index contributed by atoms with van der Waals surface area (Å²) in [7, 11) is 0. The van der Waals surface area contributed by atoms with E-state index in [0.29, 0.717) is 18.5 Å². The second-order valence-electron chi connectivity index (χ2n) is 8.69. The van der Waals surface area contributed by atoms with Crippen molar-refractivity contribution in [1.29, 1.82) is 0 Å². The van der Waals surface area contributed by atoms with Gasteiger partial charge in [0.25, 0.3) is 5.91 Å². The molecule has 33 heavy (non-hydrogen) atoms. The summed E-state index contributed by atoms with van der Waals surface area (Å²) in [6, 6.07) is 9.86. The van der Waals surface area contributed by atoms with Crippen molar-refractivity contribution in [2.24, 2.45) is 0 Å². The first kappa shape index (κ1) is 23.6. The normalized spacial score (nSPS) is 21.3. The van der Waals surface area contributed by atoms with Gasteiger partial charge in [0.1, 0.15) is 17.5 Å². The van der Waals surface area contributed by atoms with Gasteiger partial charge in [-0.1, -0.05) is 18.2 Å². The Morgan fingerprint density at radius 3 is 2.67 bits per heavy atom. The number of carbonyl (C=O) groups is 3. The molecule has 1 saturated heterocycles. The average molecular weight is 485 g/mol. The summed E-state index contributed by atoms with van der Waals surface area (Å²) in [5.41, 5.74) is 2.53. The highest BCUT2D eigenvalue weighted by molar-refractivity contribution is 8.01. The Hall–Kier alpha value is -2.52. The van der Waals surface area contributed by atoms with Gasteiger partial charge in [0.2, 0.25) is 11.8 Å². The van der Waals surface area contributed by atoms with E-state index in [4.69, 9.17) is 0 Å². The fourth-order valence-corrected chi connectivity index (χ4v) is 6.43. The van der Waals surface area contributed by atoms with Gasteiger partial charge >= 0.3 is 0 Å². The SMILES string of the molecule is CSCC[C@H](NC(=O)[C@H]1N2C(=O)c3ccccc3[C@H]2SC1(C)C)C(=O)NCc1ccncc1. The highest BCUT2D eigenvalue weighted by atomic mass is 32.2. The molecule has 1 fully saturated rings. The van der Waals surface area contributed by atoms with Crippen molar-refractivity contribution in [1.82, 2.24) is 20.5 Å². The van der Waals surface area contributed by atoms with E-state index in [-0.39, 0.29) is 23.1 Å². The van der Waals surface area contributed by atoms with E-state index >= 15 is 0 Å². The summed E-state index contributed by atoms with van der Waals surface area (Å²) >= 11 is 3.24. The maximum atomic E-state index is 13.5. The number of aromatic nitrogens is 1. The predicted molar refractivity (Wildman–Crippen MR) is 132 cm³/mol. The molecule has 0 radical (unpaired) electrons. The Labute approximate surface area is 202 Å². The maximum Gasteiger partial charge on any atom is 0.256 e. The summed E-state index contributed by atoms with van der Waals surface area (Å²) in [6.07, 6.45) is 5.83. The van der Waals surface area contributed by atoms with Crippen molar-refractivity contribution in [3.63, 3.8) is 0 Å². The van der Waals surface area contributed by atoms with E-state index in [1.54, 1.807) is 40.8 Å². The zero-order chi connectivity index (χ0) is 23.6. The fraction of sp³-hybridized carbons (Fsp3) is 0.417. The summed E-state index contributed by atoms with van der Waals surface area (Å²) in [5.74, 6) is 0.0795. The lowest BCUT2D eigenvalue weighted by Gasteiger charge is -2.31. The molecule has 9 heteroatoms. The average Bonchev–Trinajstić information content (AvgIpc) is 3.24. The van der Waals surface area contributed by atoms with Crippen LogP contribution in [0.2, 0.25) is 0 Å². The van der Waals surface area contributed by atoms with Crippen LogP contribution in [-0.2, 0) is 16.1 Å². The van der Waals surface area contributed by atoms with Gasteiger partial charge in [-0.15, -0.1) is 11.8 Å². The summed E-state index contributed by atoms with van der Waals surface area (Å²) < 4.78 is -0.491. The van der Waals surface area contributed by atoms with Crippen LogP contribution in [0.3, 0.4) is 0 Å². The van der Waals surface area contributed by atoms with E-state index in [9.17, 15) is 14.4 Å². The minimum absolute atomic E-state index is 0.128. The molecule has 174 valence electrons. The number of benzene rings is 1. The molecule has 4 rings (SSSR count). The molecule has 0 spiro atoms. The van der Waals surface area contributed by atoms with Gasteiger partial charge in [-0.25, -0.2) is 0 Å². The molecule has 3 heterocycles. The van der Waals surface area contributed by atoms with Crippen molar-refractivity contribution < 1.29 is 14.4 Å². The van der Waals surface area contributed by atoms with Crippen LogP contribution in [0, 0.1) is 0 Å². The molecular weight excluding hydrogens is 456 g/mol. The molecule has 7 nitrogen and oxygen atoms in total. The van der Waals surface area contributed by atoms with Crippen molar-refractivity contribution in [3.8, 4) is 0 Å². The Morgan fingerprint density at radius 2 is 1.94 bits per heavy atom. The predicted octanol–water partition coefficient (Wildman–Crippen LogP) is 2.98. The van der Waals surface area contributed by atoms with Crippen LogP contribution in [0.4, 0.5) is 0 Å². The van der Waals surface area contributed by atoms with Crippen LogP contribution < -0.4 is 10.6 Å². The molecule has 2 aromatic rings. The number of rotatable bonds is 8.